The first-order chi connectivity index (χ1) is 12.4. The molecule has 2 aromatic carbocycles. The molecule has 0 bridgehead atoms. The van der Waals surface area contributed by atoms with Gasteiger partial charge in [0.05, 0.1) is 0 Å². The van der Waals surface area contributed by atoms with Crippen molar-refractivity contribution in [2.45, 2.75) is 13.8 Å². The van der Waals surface area contributed by atoms with Crippen LogP contribution in [0.15, 0.2) is 48.5 Å². The highest BCUT2D eigenvalue weighted by Gasteiger charge is 2.43. The molecular formula is C14H17O10P3. The summed E-state index contributed by atoms with van der Waals surface area (Å²) in [4.78, 5) is 28.7. The predicted octanol–water partition coefficient (Wildman–Crippen LogP) is 4.10. The van der Waals surface area contributed by atoms with E-state index in [1.165, 1.54) is 24.3 Å². The summed E-state index contributed by atoms with van der Waals surface area (Å²) in [6, 6.07) is 11.5. The molecule has 0 aliphatic rings. The molecule has 0 heterocycles. The molecule has 13 heteroatoms. The molecule has 2 unspecified atom stereocenters. The summed E-state index contributed by atoms with van der Waals surface area (Å²) >= 11 is 0. The Morgan fingerprint density at radius 3 is 1.19 bits per heavy atom. The van der Waals surface area contributed by atoms with E-state index in [1.807, 2.05) is 0 Å². The molecule has 0 spiro atoms. The van der Waals surface area contributed by atoms with E-state index in [9.17, 15) is 28.4 Å². The molecule has 0 aliphatic heterocycles. The smallest absolute Gasteiger partial charge is 0.404 e. The standard InChI is InChI=1S/C14H17O10P3/c1-11-3-7-13(8-4-11)21-25(15,16)23-27(19,20)24-26(17,18)22-14-9-5-12(2)6-10-14/h3-10H,1-2H3,(H,15,16)(H,17,18)(H,19,20). The van der Waals surface area contributed by atoms with Crippen molar-refractivity contribution in [1.82, 2.24) is 0 Å². The molecule has 2 atom stereocenters. The van der Waals surface area contributed by atoms with Crippen LogP contribution in [0.1, 0.15) is 11.1 Å². The number of phosphoric ester groups is 2. The van der Waals surface area contributed by atoms with Crippen LogP contribution in [0, 0.1) is 13.8 Å². The quantitative estimate of drug-likeness (QED) is 0.514. The molecule has 0 fully saturated rings. The Morgan fingerprint density at radius 1 is 0.593 bits per heavy atom. The molecule has 0 aliphatic carbocycles. The summed E-state index contributed by atoms with van der Waals surface area (Å²) in [6.45, 7) is 3.53. The number of benzene rings is 2. The van der Waals surface area contributed by atoms with Gasteiger partial charge in [-0.25, -0.2) is 13.7 Å². The fraction of sp³-hybridized carbons (Fsp3) is 0.143. The monoisotopic (exact) mass is 438 g/mol. The van der Waals surface area contributed by atoms with Gasteiger partial charge in [-0.15, -0.1) is 0 Å². The first-order valence-corrected chi connectivity index (χ1v) is 11.8. The fourth-order valence-corrected chi connectivity index (χ4v) is 5.29. The van der Waals surface area contributed by atoms with Crippen LogP contribution in [0.4, 0.5) is 0 Å². The van der Waals surface area contributed by atoms with Crippen molar-refractivity contribution in [2.75, 3.05) is 0 Å². The largest absolute Gasteiger partial charge is 0.536 e. The highest BCUT2D eigenvalue weighted by Crippen LogP contribution is 2.67. The number of rotatable bonds is 8. The summed E-state index contributed by atoms with van der Waals surface area (Å²) in [5.41, 5.74) is 1.67. The topological polar surface area (TPSA) is 149 Å². The van der Waals surface area contributed by atoms with Crippen molar-refractivity contribution in [3.63, 3.8) is 0 Å². The molecule has 10 nitrogen and oxygen atoms in total. The van der Waals surface area contributed by atoms with Gasteiger partial charge >= 0.3 is 23.5 Å². The summed E-state index contributed by atoms with van der Waals surface area (Å²) in [5.74, 6) is -0.260. The van der Waals surface area contributed by atoms with E-state index in [-0.39, 0.29) is 11.5 Å². The van der Waals surface area contributed by atoms with E-state index >= 15 is 0 Å². The Hall–Kier alpha value is -1.47. The lowest BCUT2D eigenvalue weighted by molar-refractivity contribution is 0.209. The lowest BCUT2D eigenvalue weighted by atomic mass is 10.2. The second-order valence-electron chi connectivity index (χ2n) is 5.38. The Labute approximate surface area is 155 Å². The molecule has 0 radical (unpaired) electrons. The minimum Gasteiger partial charge on any atom is -0.404 e. The van der Waals surface area contributed by atoms with Crippen LogP contribution in [0.2, 0.25) is 0 Å². The van der Waals surface area contributed by atoms with Crippen LogP contribution in [0.3, 0.4) is 0 Å². The van der Waals surface area contributed by atoms with Crippen LogP contribution in [-0.2, 0) is 22.3 Å². The van der Waals surface area contributed by atoms with Crippen LogP contribution in [0.5, 0.6) is 11.5 Å². The van der Waals surface area contributed by atoms with Crippen LogP contribution < -0.4 is 9.05 Å². The lowest BCUT2D eigenvalue weighted by Crippen LogP contribution is -2.01. The van der Waals surface area contributed by atoms with Gasteiger partial charge in [0.15, 0.2) is 0 Å². The number of phosphoric acid groups is 3. The molecule has 2 aromatic rings. The van der Waals surface area contributed by atoms with Gasteiger partial charge in [0.1, 0.15) is 11.5 Å². The van der Waals surface area contributed by atoms with Gasteiger partial charge in [-0.1, -0.05) is 35.4 Å². The van der Waals surface area contributed by atoms with Crippen molar-refractivity contribution in [1.29, 1.82) is 0 Å². The van der Waals surface area contributed by atoms with Gasteiger partial charge < -0.3 is 13.9 Å². The van der Waals surface area contributed by atoms with E-state index in [1.54, 1.807) is 38.1 Å². The average molecular weight is 438 g/mol. The second-order valence-corrected chi connectivity index (χ2v) is 9.86. The van der Waals surface area contributed by atoms with Gasteiger partial charge in [0.2, 0.25) is 0 Å². The third-order valence-electron chi connectivity index (χ3n) is 2.90. The summed E-state index contributed by atoms with van der Waals surface area (Å²) in [6.07, 6.45) is 0. The maximum absolute atomic E-state index is 11.9. The van der Waals surface area contributed by atoms with E-state index in [4.69, 9.17) is 0 Å². The third-order valence-corrected chi connectivity index (χ3v) is 7.08. The van der Waals surface area contributed by atoms with Gasteiger partial charge in [0, 0.05) is 0 Å². The van der Waals surface area contributed by atoms with Crippen molar-refractivity contribution in [3.8, 4) is 11.5 Å². The van der Waals surface area contributed by atoms with Crippen LogP contribution in [0.25, 0.3) is 0 Å². The maximum Gasteiger partial charge on any atom is 0.536 e. The van der Waals surface area contributed by atoms with Crippen LogP contribution in [-0.4, -0.2) is 14.7 Å². The first-order valence-electron chi connectivity index (χ1n) is 7.29. The molecule has 0 aromatic heterocycles. The SMILES string of the molecule is Cc1ccc(OP(=O)(O)OP(=O)(O)OP(=O)(O)Oc2ccc(C)cc2)cc1. The zero-order valence-electron chi connectivity index (χ0n) is 14.2. The molecule has 3 N–H and O–H groups in total. The summed E-state index contributed by atoms with van der Waals surface area (Å²) in [5, 5.41) is 0. The zero-order chi connectivity index (χ0) is 20.3. The van der Waals surface area contributed by atoms with Crippen LogP contribution >= 0.6 is 23.5 Å². The normalized spacial score (nSPS) is 18.0. The Balaban J connectivity index is 2.04. The van der Waals surface area contributed by atoms with Crippen molar-refractivity contribution in [3.05, 3.63) is 59.7 Å². The molecule has 148 valence electrons. The highest BCUT2D eigenvalue weighted by molar-refractivity contribution is 7.67. The first kappa shape index (κ1) is 21.8. The Morgan fingerprint density at radius 2 is 0.889 bits per heavy atom. The summed E-state index contributed by atoms with van der Waals surface area (Å²) < 4.78 is 52.8. The van der Waals surface area contributed by atoms with E-state index in [0.29, 0.717) is 0 Å². The Kier molecular flexibility index (Phi) is 6.68. The molecule has 2 rings (SSSR count). The van der Waals surface area contributed by atoms with E-state index < -0.39 is 23.5 Å². The maximum atomic E-state index is 11.9. The molecule has 0 amide bonds. The average Bonchev–Trinajstić information content (AvgIpc) is 2.49. The lowest BCUT2D eigenvalue weighted by Gasteiger charge is -2.18. The molecular weight excluding hydrogens is 421 g/mol. The zero-order valence-corrected chi connectivity index (χ0v) is 16.8. The summed E-state index contributed by atoms with van der Waals surface area (Å²) in [7, 11) is -15.8. The molecule has 27 heavy (non-hydrogen) atoms. The third kappa shape index (κ3) is 7.58. The van der Waals surface area contributed by atoms with E-state index in [0.717, 1.165) is 11.1 Å². The minimum absolute atomic E-state index is 0.130. The van der Waals surface area contributed by atoms with Gasteiger partial charge in [-0.3, -0.25) is 9.79 Å². The molecule has 0 saturated carbocycles. The number of hydrogen-bond donors (Lipinski definition) is 3. The second kappa shape index (κ2) is 8.27. The molecule has 0 saturated heterocycles. The van der Waals surface area contributed by atoms with E-state index in [2.05, 4.69) is 17.7 Å². The Bertz CT molecular complexity index is 852. The van der Waals surface area contributed by atoms with Gasteiger partial charge in [-0.2, -0.15) is 8.62 Å². The van der Waals surface area contributed by atoms with Crippen molar-refractivity contribution >= 4 is 23.5 Å². The van der Waals surface area contributed by atoms with Crippen molar-refractivity contribution < 1.29 is 46.0 Å². The minimum atomic E-state index is -5.50. The number of hydrogen-bond acceptors (Lipinski definition) is 7. The highest BCUT2D eigenvalue weighted by atomic mass is 31.3. The van der Waals surface area contributed by atoms with Gasteiger partial charge in [-0.05, 0) is 38.1 Å². The number of aryl methyl sites for hydroxylation is 2. The van der Waals surface area contributed by atoms with Crippen molar-refractivity contribution in [2.24, 2.45) is 0 Å². The van der Waals surface area contributed by atoms with Gasteiger partial charge in [0.25, 0.3) is 0 Å². The predicted molar refractivity (Wildman–Crippen MR) is 95.3 cm³/mol. The fourth-order valence-electron chi connectivity index (χ4n) is 1.77.